The zero-order valence-electron chi connectivity index (χ0n) is 15.1. The Bertz CT molecular complexity index is 818. The van der Waals surface area contributed by atoms with Gasteiger partial charge in [-0.2, -0.15) is 0 Å². The van der Waals surface area contributed by atoms with Gasteiger partial charge >= 0.3 is 0 Å². The second-order valence-electron chi connectivity index (χ2n) is 6.18. The number of carbonyl (C=O) groups is 1. The molecular formula is C20H26Cl2N4O. The molecule has 0 fully saturated rings. The van der Waals surface area contributed by atoms with E-state index in [4.69, 9.17) is 5.73 Å². The highest BCUT2D eigenvalue weighted by Gasteiger charge is 2.07. The Hall–Kier alpha value is -2.08. The fourth-order valence-corrected chi connectivity index (χ4v) is 2.84. The molecule has 0 saturated carbocycles. The number of nitrogens with two attached hydrogens (primary N) is 1. The predicted molar refractivity (Wildman–Crippen MR) is 117 cm³/mol. The maximum atomic E-state index is 12.1. The molecule has 2 aromatic carbocycles. The van der Waals surface area contributed by atoms with Gasteiger partial charge in [0.05, 0.1) is 11.0 Å². The Morgan fingerprint density at radius 3 is 2.56 bits per heavy atom. The number of aromatic amines is 1. The number of nitrogens with one attached hydrogen (secondary N) is 2. The average Bonchev–Trinajstić information content (AvgIpc) is 3.06. The van der Waals surface area contributed by atoms with E-state index in [1.54, 1.807) is 0 Å². The number of unbranched alkanes of at least 4 members (excludes halogenated alkanes) is 3. The summed E-state index contributed by atoms with van der Waals surface area (Å²) in [5, 5.41) is 2.97. The van der Waals surface area contributed by atoms with Crippen LogP contribution in [0.5, 0.6) is 0 Å². The van der Waals surface area contributed by atoms with Gasteiger partial charge in [-0.15, -0.1) is 24.8 Å². The second kappa shape index (κ2) is 11.6. The zero-order valence-corrected chi connectivity index (χ0v) is 16.7. The number of aromatic nitrogens is 2. The summed E-state index contributed by atoms with van der Waals surface area (Å²) in [6.07, 6.45) is 4.60. The number of hydrogen-bond donors (Lipinski definition) is 3. The van der Waals surface area contributed by atoms with Crippen molar-refractivity contribution in [1.29, 1.82) is 0 Å². The summed E-state index contributed by atoms with van der Waals surface area (Å²) in [4.78, 5) is 20.0. The summed E-state index contributed by atoms with van der Waals surface area (Å²) >= 11 is 0. The first-order valence-corrected chi connectivity index (χ1v) is 8.81. The lowest BCUT2D eigenvalue weighted by molar-refractivity contribution is -0.116. The van der Waals surface area contributed by atoms with Gasteiger partial charge in [-0.25, -0.2) is 4.98 Å². The van der Waals surface area contributed by atoms with Crippen molar-refractivity contribution in [1.82, 2.24) is 9.97 Å². The van der Waals surface area contributed by atoms with E-state index in [0.717, 1.165) is 60.3 Å². The molecule has 0 aliphatic carbocycles. The first kappa shape index (κ1) is 23.0. The van der Waals surface area contributed by atoms with E-state index < -0.39 is 0 Å². The summed E-state index contributed by atoms with van der Waals surface area (Å²) < 4.78 is 0. The Kier molecular flexibility index (Phi) is 9.86. The molecule has 0 saturated heterocycles. The Morgan fingerprint density at radius 2 is 1.78 bits per heavy atom. The Morgan fingerprint density at radius 1 is 1.00 bits per heavy atom. The summed E-state index contributed by atoms with van der Waals surface area (Å²) in [6.45, 7) is 0.723. The smallest absolute Gasteiger partial charge is 0.224 e. The molecule has 1 aromatic heterocycles. The molecule has 4 N–H and O–H groups in total. The van der Waals surface area contributed by atoms with E-state index in [2.05, 4.69) is 15.3 Å². The zero-order chi connectivity index (χ0) is 17.5. The van der Waals surface area contributed by atoms with E-state index in [9.17, 15) is 4.79 Å². The second-order valence-corrected chi connectivity index (χ2v) is 6.18. The Balaban J connectivity index is 0.00000182. The third-order valence-corrected chi connectivity index (χ3v) is 4.17. The fraction of sp³-hybridized carbons (Fsp3) is 0.300. The highest BCUT2D eigenvalue weighted by molar-refractivity contribution is 5.91. The number of rotatable bonds is 8. The van der Waals surface area contributed by atoms with Gasteiger partial charge in [-0.3, -0.25) is 4.79 Å². The average molecular weight is 409 g/mol. The Labute approximate surface area is 172 Å². The van der Waals surface area contributed by atoms with Crippen molar-refractivity contribution in [3.8, 4) is 11.4 Å². The first-order chi connectivity index (χ1) is 12.3. The molecule has 0 aliphatic rings. The summed E-state index contributed by atoms with van der Waals surface area (Å²) in [6, 6.07) is 15.7. The maximum Gasteiger partial charge on any atom is 0.224 e. The molecule has 0 radical (unpaired) electrons. The van der Waals surface area contributed by atoms with Crippen molar-refractivity contribution in [3.63, 3.8) is 0 Å². The topological polar surface area (TPSA) is 83.8 Å². The number of benzene rings is 2. The lowest BCUT2D eigenvalue weighted by atomic mass is 10.1. The van der Waals surface area contributed by atoms with Crippen LogP contribution in [0.15, 0.2) is 48.5 Å². The van der Waals surface area contributed by atoms with Crippen LogP contribution in [-0.4, -0.2) is 22.4 Å². The third kappa shape index (κ3) is 6.54. The van der Waals surface area contributed by atoms with Crippen LogP contribution in [0, 0.1) is 0 Å². The van der Waals surface area contributed by atoms with Gasteiger partial charge in [0.2, 0.25) is 5.91 Å². The molecule has 7 heteroatoms. The number of H-pyrrole nitrogens is 1. The molecule has 1 heterocycles. The number of carbonyl (C=O) groups excluding carboxylic acids is 1. The van der Waals surface area contributed by atoms with Crippen molar-refractivity contribution in [3.05, 3.63) is 48.5 Å². The highest BCUT2D eigenvalue weighted by atomic mass is 35.5. The van der Waals surface area contributed by atoms with Crippen LogP contribution >= 0.6 is 24.8 Å². The largest absolute Gasteiger partial charge is 0.338 e. The van der Waals surface area contributed by atoms with Gasteiger partial charge in [0.15, 0.2) is 0 Å². The van der Waals surface area contributed by atoms with Crippen molar-refractivity contribution in [2.24, 2.45) is 5.73 Å². The van der Waals surface area contributed by atoms with Crippen LogP contribution in [0.25, 0.3) is 22.4 Å². The number of anilines is 1. The minimum absolute atomic E-state index is 0. The third-order valence-electron chi connectivity index (χ3n) is 4.17. The van der Waals surface area contributed by atoms with E-state index in [1.165, 1.54) is 0 Å². The van der Waals surface area contributed by atoms with Gasteiger partial charge < -0.3 is 16.0 Å². The predicted octanol–water partition coefficient (Wildman–Crippen LogP) is 4.92. The van der Waals surface area contributed by atoms with Crippen molar-refractivity contribution in [2.75, 3.05) is 11.9 Å². The quantitative estimate of drug-likeness (QED) is 0.462. The van der Waals surface area contributed by atoms with Crippen LogP contribution in [0.4, 0.5) is 5.69 Å². The van der Waals surface area contributed by atoms with Crippen LogP contribution < -0.4 is 11.1 Å². The molecule has 3 aromatic rings. The van der Waals surface area contributed by atoms with Gasteiger partial charge in [0.1, 0.15) is 5.82 Å². The summed E-state index contributed by atoms with van der Waals surface area (Å²) in [7, 11) is 0. The molecule has 0 bridgehead atoms. The monoisotopic (exact) mass is 408 g/mol. The molecule has 0 aliphatic heterocycles. The molecule has 0 spiro atoms. The molecule has 0 unspecified atom stereocenters. The normalized spacial score (nSPS) is 10.1. The van der Waals surface area contributed by atoms with Gasteiger partial charge in [0.25, 0.3) is 0 Å². The number of nitrogens with zero attached hydrogens (tertiary/aromatic N) is 1. The number of imidazole rings is 1. The van der Waals surface area contributed by atoms with E-state index in [1.807, 2.05) is 48.5 Å². The van der Waals surface area contributed by atoms with Gasteiger partial charge in [-0.1, -0.05) is 37.1 Å². The standard InChI is InChI=1S/C20H24N4O.2ClH/c21-13-6-2-1-3-12-19(25)22-16-9-7-8-15(14-16)20-23-17-10-4-5-11-18(17)24-20;;/h4-5,7-11,14H,1-3,6,12-13,21H2,(H,22,25)(H,23,24);2*1H. The lowest BCUT2D eigenvalue weighted by Crippen LogP contribution is -2.11. The number of amides is 1. The van der Waals surface area contributed by atoms with Crippen molar-refractivity contribution < 1.29 is 4.79 Å². The minimum Gasteiger partial charge on any atom is -0.338 e. The molecule has 5 nitrogen and oxygen atoms in total. The van der Waals surface area contributed by atoms with Gasteiger partial charge in [-0.05, 0) is 43.7 Å². The van der Waals surface area contributed by atoms with E-state index >= 15 is 0 Å². The molecule has 27 heavy (non-hydrogen) atoms. The van der Waals surface area contributed by atoms with E-state index in [-0.39, 0.29) is 30.7 Å². The van der Waals surface area contributed by atoms with Crippen LogP contribution in [0.3, 0.4) is 0 Å². The summed E-state index contributed by atoms with van der Waals surface area (Å²) in [5.74, 6) is 0.855. The number of fused-ring (bicyclic) bond motifs is 1. The lowest BCUT2D eigenvalue weighted by Gasteiger charge is -2.06. The molecule has 0 atom stereocenters. The van der Waals surface area contributed by atoms with Crippen LogP contribution in [0.2, 0.25) is 0 Å². The number of para-hydroxylation sites is 2. The maximum absolute atomic E-state index is 12.1. The minimum atomic E-state index is 0. The molecule has 3 rings (SSSR count). The molecular weight excluding hydrogens is 383 g/mol. The van der Waals surface area contributed by atoms with Crippen LogP contribution in [-0.2, 0) is 4.79 Å². The van der Waals surface area contributed by atoms with Gasteiger partial charge in [0, 0.05) is 17.7 Å². The number of halogens is 2. The SMILES string of the molecule is Cl.Cl.NCCCCCCC(=O)Nc1cccc(-c2nc3ccccc3[nH]2)c1. The molecule has 1 amide bonds. The van der Waals surface area contributed by atoms with Crippen LogP contribution in [0.1, 0.15) is 32.1 Å². The first-order valence-electron chi connectivity index (χ1n) is 8.81. The highest BCUT2D eigenvalue weighted by Crippen LogP contribution is 2.23. The fourth-order valence-electron chi connectivity index (χ4n) is 2.84. The van der Waals surface area contributed by atoms with Crippen molar-refractivity contribution >= 4 is 47.4 Å². The summed E-state index contributed by atoms with van der Waals surface area (Å²) in [5.41, 5.74) is 9.16. The number of hydrogen-bond acceptors (Lipinski definition) is 3. The van der Waals surface area contributed by atoms with Crippen molar-refractivity contribution in [2.45, 2.75) is 32.1 Å². The van der Waals surface area contributed by atoms with E-state index in [0.29, 0.717) is 6.42 Å². The molecule has 146 valence electrons.